The van der Waals surface area contributed by atoms with Crippen molar-refractivity contribution in [3.63, 3.8) is 0 Å². The Morgan fingerprint density at radius 2 is 2.22 bits per heavy atom. The van der Waals surface area contributed by atoms with Gasteiger partial charge in [-0.1, -0.05) is 29.8 Å². The van der Waals surface area contributed by atoms with Crippen LogP contribution in [-0.2, 0) is 11.3 Å². The van der Waals surface area contributed by atoms with Crippen molar-refractivity contribution in [3.8, 4) is 0 Å². The lowest BCUT2D eigenvalue weighted by molar-refractivity contribution is -0.121. The molecule has 7 heteroatoms. The summed E-state index contributed by atoms with van der Waals surface area (Å²) in [6, 6.07) is 8.55. The van der Waals surface area contributed by atoms with E-state index in [1.165, 1.54) is 11.1 Å². The summed E-state index contributed by atoms with van der Waals surface area (Å²) >= 11 is 0. The molecule has 0 unspecified atom stereocenters. The molecule has 0 fully saturated rings. The number of carbonyl (C=O) groups is 1. The quantitative estimate of drug-likeness (QED) is 0.791. The van der Waals surface area contributed by atoms with Gasteiger partial charge in [-0.05, 0) is 43.4 Å². The fourth-order valence-electron chi connectivity index (χ4n) is 2.46. The van der Waals surface area contributed by atoms with Crippen molar-refractivity contribution in [2.24, 2.45) is 0 Å². The van der Waals surface area contributed by atoms with Gasteiger partial charge in [0.15, 0.2) is 0 Å². The molecule has 0 spiro atoms. The molecule has 2 rings (SSSR count). The molecule has 0 radical (unpaired) electrons. The minimum atomic E-state index is 0.0533. The molecule has 0 saturated carbocycles. The molecule has 0 saturated heterocycles. The standard InChI is InChI=1S/C16H24N6O/c1-13-6-4-7-14(10-13)15(21(2)3)11-17-16(23)8-5-9-22-12-18-19-20-22/h4,6-7,10,12,15H,5,8-9,11H2,1-3H3,(H,17,23)/t15-/m1/s1. The van der Waals surface area contributed by atoms with Crippen molar-refractivity contribution >= 4 is 5.91 Å². The van der Waals surface area contributed by atoms with Crippen LogP contribution < -0.4 is 5.32 Å². The molecule has 1 aromatic heterocycles. The average Bonchev–Trinajstić information content (AvgIpc) is 3.00. The van der Waals surface area contributed by atoms with Crippen LogP contribution in [-0.4, -0.2) is 51.7 Å². The molecule has 1 aromatic carbocycles. The van der Waals surface area contributed by atoms with Crippen LogP contribution in [0, 0.1) is 6.92 Å². The number of rotatable bonds is 8. The fraction of sp³-hybridized carbons (Fsp3) is 0.500. The van der Waals surface area contributed by atoms with Crippen LogP contribution in [0.3, 0.4) is 0 Å². The van der Waals surface area contributed by atoms with E-state index in [2.05, 4.69) is 56.9 Å². The molecule has 0 aliphatic carbocycles. The largest absolute Gasteiger partial charge is 0.354 e. The normalized spacial score (nSPS) is 12.3. The molecule has 23 heavy (non-hydrogen) atoms. The van der Waals surface area contributed by atoms with Crippen molar-refractivity contribution in [2.45, 2.75) is 32.4 Å². The zero-order chi connectivity index (χ0) is 16.7. The molecule has 2 aromatic rings. The van der Waals surface area contributed by atoms with Crippen molar-refractivity contribution in [1.29, 1.82) is 0 Å². The van der Waals surface area contributed by atoms with Gasteiger partial charge in [0.25, 0.3) is 0 Å². The van der Waals surface area contributed by atoms with E-state index < -0.39 is 0 Å². The monoisotopic (exact) mass is 316 g/mol. The Bertz CT molecular complexity index is 611. The maximum atomic E-state index is 12.0. The van der Waals surface area contributed by atoms with Gasteiger partial charge in [-0.2, -0.15) is 0 Å². The van der Waals surface area contributed by atoms with Crippen LogP contribution in [0.1, 0.15) is 30.0 Å². The van der Waals surface area contributed by atoms with E-state index in [4.69, 9.17) is 0 Å². The lowest BCUT2D eigenvalue weighted by Gasteiger charge is -2.25. The van der Waals surface area contributed by atoms with E-state index in [9.17, 15) is 4.79 Å². The average molecular weight is 316 g/mol. The highest BCUT2D eigenvalue weighted by molar-refractivity contribution is 5.75. The molecule has 1 N–H and O–H groups in total. The minimum absolute atomic E-state index is 0.0533. The summed E-state index contributed by atoms with van der Waals surface area (Å²) in [5.74, 6) is 0.0533. The van der Waals surface area contributed by atoms with E-state index in [-0.39, 0.29) is 11.9 Å². The van der Waals surface area contributed by atoms with Crippen LogP contribution in [0.4, 0.5) is 0 Å². The van der Waals surface area contributed by atoms with Gasteiger partial charge in [0.2, 0.25) is 5.91 Å². The van der Waals surface area contributed by atoms with Crippen LogP contribution in [0.25, 0.3) is 0 Å². The second-order valence-electron chi connectivity index (χ2n) is 5.87. The first-order chi connectivity index (χ1) is 11.1. The van der Waals surface area contributed by atoms with Crippen molar-refractivity contribution in [1.82, 2.24) is 30.4 Å². The number of aromatic nitrogens is 4. The molecule has 0 aliphatic rings. The Hall–Kier alpha value is -2.28. The van der Waals surface area contributed by atoms with E-state index in [1.807, 2.05) is 14.1 Å². The first-order valence-corrected chi connectivity index (χ1v) is 7.76. The molecule has 0 bridgehead atoms. The molecule has 7 nitrogen and oxygen atoms in total. The highest BCUT2D eigenvalue weighted by Crippen LogP contribution is 2.18. The van der Waals surface area contributed by atoms with Gasteiger partial charge in [0.1, 0.15) is 6.33 Å². The molecular weight excluding hydrogens is 292 g/mol. The topological polar surface area (TPSA) is 75.9 Å². The molecule has 1 atom stereocenters. The van der Waals surface area contributed by atoms with Gasteiger partial charge in [-0.25, -0.2) is 4.68 Å². The zero-order valence-corrected chi connectivity index (χ0v) is 13.9. The first-order valence-electron chi connectivity index (χ1n) is 7.76. The van der Waals surface area contributed by atoms with Gasteiger partial charge >= 0.3 is 0 Å². The molecule has 1 heterocycles. The first kappa shape index (κ1) is 17.1. The van der Waals surface area contributed by atoms with Crippen LogP contribution >= 0.6 is 0 Å². The number of aryl methyl sites for hydroxylation is 2. The van der Waals surface area contributed by atoms with Crippen molar-refractivity contribution in [3.05, 3.63) is 41.7 Å². The summed E-state index contributed by atoms with van der Waals surface area (Å²) in [6.07, 6.45) is 2.74. The lowest BCUT2D eigenvalue weighted by Crippen LogP contribution is -2.34. The van der Waals surface area contributed by atoms with Crippen LogP contribution in [0.2, 0.25) is 0 Å². The predicted molar refractivity (Wildman–Crippen MR) is 87.7 cm³/mol. The maximum Gasteiger partial charge on any atom is 0.220 e. The number of benzene rings is 1. The number of nitrogens with zero attached hydrogens (tertiary/aromatic N) is 5. The third-order valence-corrected chi connectivity index (χ3v) is 3.73. The Labute approximate surface area is 136 Å². The summed E-state index contributed by atoms with van der Waals surface area (Å²) in [5.41, 5.74) is 2.44. The molecule has 124 valence electrons. The van der Waals surface area contributed by atoms with Crippen LogP contribution in [0.5, 0.6) is 0 Å². The third kappa shape index (κ3) is 5.45. The Morgan fingerprint density at radius 1 is 1.39 bits per heavy atom. The van der Waals surface area contributed by atoms with E-state index in [0.29, 0.717) is 25.9 Å². The summed E-state index contributed by atoms with van der Waals surface area (Å²) < 4.78 is 1.63. The second-order valence-corrected chi connectivity index (χ2v) is 5.87. The summed E-state index contributed by atoms with van der Waals surface area (Å²) in [5, 5.41) is 13.9. The molecule has 0 aliphatic heterocycles. The number of hydrogen-bond acceptors (Lipinski definition) is 5. The third-order valence-electron chi connectivity index (χ3n) is 3.73. The summed E-state index contributed by atoms with van der Waals surface area (Å²) in [7, 11) is 4.05. The fourth-order valence-corrected chi connectivity index (χ4v) is 2.46. The molecular formula is C16H24N6O. The number of carbonyl (C=O) groups excluding carboxylic acids is 1. The number of tetrazole rings is 1. The van der Waals surface area contributed by atoms with E-state index in [1.54, 1.807) is 11.0 Å². The smallest absolute Gasteiger partial charge is 0.220 e. The maximum absolute atomic E-state index is 12.0. The van der Waals surface area contributed by atoms with Gasteiger partial charge in [0.05, 0.1) is 6.04 Å². The summed E-state index contributed by atoms with van der Waals surface area (Å²) in [4.78, 5) is 14.1. The lowest BCUT2D eigenvalue weighted by atomic mass is 10.0. The number of likely N-dealkylation sites (N-methyl/N-ethyl adjacent to an activating group) is 1. The highest BCUT2D eigenvalue weighted by atomic mass is 16.1. The van der Waals surface area contributed by atoms with Crippen molar-refractivity contribution < 1.29 is 4.79 Å². The minimum Gasteiger partial charge on any atom is -0.354 e. The Balaban J connectivity index is 1.80. The number of amides is 1. The summed E-state index contributed by atoms with van der Waals surface area (Å²) in [6.45, 7) is 3.32. The van der Waals surface area contributed by atoms with Gasteiger partial charge in [0, 0.05) is 19.5 Å². The van der Waals surface area contributed by atoms with Gasteiger partial charge < -0.3 is 10.2 Å². The van der Waals surface area contributed by atoms with Crippen LogP contribution in [0.15, 0.2) is 30.6 Å². The predicted octanol–water partition coefficient (Wildman–Crippen LogP) is 1.18. The Morgan fingerprint density at radius 3 is 2.87 bits per heavy atom. The van der Waals surface area contributed by atoms with E-state index >= 15 is 0 Å². The van der Waals surface area contributed by atoms with Gasteiger partial charge in [-0.3, -0.25) is 4.79 Å². The van der Waals surface area contributed by atoms with E-state index in [0.717, 1.165) is 0 Å². The Kier molecular flexibility index (Phi) is 6.22. The zero-order valence-electron chi connectivity index (χ0n) is 13.9. The van der Waals surface area contributed by atoms with Gasteiger partial charge in [-0.15, -0.1) is 5.10 Å². The number of hydrogen-bond donors (Lipinski definition) is 1. The highest BCUT2D eigenvalue weighted by Gasteiger charge is 2.15. The SMILES string of the molecule is Cc1cccc([C@@H](CNC(=O)CCCn2cnnn2)N(C)C)c1. The molecule has 1 amide bonds. The van der Waals surface area contributed by atoms with Crippen molar-refractivity contribution in [2.75, 3.05) is 20.6 Å². The number of nitrogens with one attached hydrogen (secondary N) is 1. The second kappa shape index (κ2) is 8.38.